The van der Waals surface area contributed by atoms with E-state index in [1.807, 2.05) is 6.07 Å². The number of rotatable bonds is 5. The normalized spacial score (nSPS) is 12.3. The predicted octanol–water partition coefficient (Wildman–Crippen LogP) is 3.86. The van der Waals surface area contributed by atoms with E-state index in [-0.39, 0.29) is 38.6 Å². The summed E-state index contributed by atoms with van der Waals surface area (Å²) >= 11 is 0. The first-order chi connectivity index (χ1) is 15.7. The van der Waals surface area contributed by atoms with Crippen molar-refractivity contribution in [2.75, 3.05) is 17.3 Å². The van der Waals surface area contributed by atoms with E-state index in [0.29, 0.717) is 11.3 Å². The first-order valence-electron chi connectivity index (χ1n) is 9.87. The van der Waals surface area contributed by atoms with Crippen LogP contribution in [0.4, 0.5) is 16.0 Å². The van der Waals surface area contributed by atoms with Crippen molar-refractivity contribution in [3.63, 3.8) is 0 Å². The van der Waals surface area contributed by atoms with Gasteiger partial charge in [-0.2, -0.15) is 5.26 Å². The molecule has 4 rings (SSSR count). The molecule has 0 saturated heterocycles. The zero-order valence-electron chi connectivity index (χ0n) is 17.7. The Morgan fingerprint density at radius 1 is 1.12 bits per heavy atom. The molecule has 0 spiro atoms. The molecule has 3 N–H and O–H groups in total. The number of pyridine rings is 1. The standard InChI is InChI=1S/C23H19FN6O2S/c1-13(29-23-15(11-25)22(26)27-12-28-23)20-18(14-7-4-3-5-8-14)21(33(2,31)32)19-16(24)9-6-10-17(19)30-20/h3-10,12-13H,1-2H3,(H3,26,27,28,29)/t13-/m1/s1. The van der Waals surface area contributed by atoms with Gasteiger partial charge in [-0.1, -0.05) is 36.4 Å². The fourth-order valence-corrected chi connectivity index (χ4v) is 4.88. The fraction of sp³-hybridized carbons (Fsp3) is 0.130. The molecule has 0 amide bonds. The molecular formula is C23H19FN6O2S. The molecule has 2 aromatic carbocycles. The monoisotopic (exact) mass is 462 g/mol. The first kappa shape index (κ1) is 22.1. The molecule has 8 nitrogen and oxygen atoms in total. The van der Waals surface area contributed by atoms with Crippen LogP contribution in [0.25, 0.3) is 22.0 Å². The van der Waals surface area contributed by atoms with E-state index in [2.05, 4.69) is 20.3 Å². The van der Waals surface area contributed by atoms with Crippen LogP contribution in [-0.2, 0) is 9.84 Å². The van der Waals surface area contributed by atoms with Crippen LogP contribution in [0.15, 0.2) is 59.8 Å². The van der Waals surface area contributed by atoms with Crippen molar-refractivity contribution < 1.29 is 12.8 Å². The van der Waals surface area contributed by atoms with Gasteiger partial charge in [-0.05, 0) is 24.6 Å². The van der Waals surface area contributed by atoms with Gasteiger partial charge in [-0.25, -0.2) is 27.8 Å². The van der Waals surface area contributed by atoms with Crippen LogP contribution in [-0.4, -0.2) is 29.6 Å². The second kappa shape index (κ2) is 8.44. The summed E-state index contributed by atoms with van der Waals surface area (Å²) in [5.41, 5.74) is 7.22. The van der Waals surface area contributed by atoms with E-state index in [0.717, 1.165) is 6.26 Å². The van der Waals surface area contributed by atoms with Gasteiger partial charge in [0.25, 0.3) is 0 Å². The average Bonchev–Trinajstić information content (AvgIpc) is 2.78. The van der Waals surface area contributed by atoms with Gasteiger partial charge in [0.15, 0.2) is 9.84 Å². The van der Waals surface area contributed by atoms with Crippen LogP contribution < -0.4 is 11.1 Å². The lowest BCUT2D eigenvalue weighted by molar-refractivity contribution is 0.600. The summed E-state index contributed by atoms with van der Waals surface area (Å²) in [5.74, 6) is -0.491. The Morgan fingerprint density at radius 2 is 1.85 bits per heavy atom. The van der Waals surface area contributed by atoms with Gasteiger partial charge in [0.2, 0.25) is 0 Å². The van der Waals surface area contributed by atoms with Crippen LogP contribution >= 0.6 is 0 Å². The number of nitriles is 1. The number of aromatic nitrogens is 3. The van der Waals surface area contributed by atoms with Crippen molar-refractivity contribution in [3.05, 3.63) is 71.9 Å². The topological polar surface area (TPSA) is 135 Å². The van der Waals surface area contributed by atoms with Gasteiger partial charge < -0.3 is 11.1 Å². The summed E-state index contributed by atoms with van der Waals surface area (Å²) in [5, 5.41) is 12.5. The minimum Gasteiger partial charge on any atom is -0.382 e. The third-order valence-corrected chi connectivity index (χ3v) is 6.28. The number of nitrogens with two attached hydrogens (primary N) is 1. The molecular weight excluding hydrogens is 443 g/mol. The van der Waals surface area contributed by atoms with E-state index in [4.69, 9.17) is 5.73 Å². The Bertz CT molecular complexity index is 1520. The highest BCUT2D eigenvalue weighted by molar-refractivity contribution is 7.91. The second-order valence-corrected chi connectivity index (χ2v) is 9.39. The van der Waals surface area contributed by atoms with Crippen molar-refractivity contribution in [2.24, 2.45) is 0 Å². The van der Waals surface area contributed by atoms with E-state index in [9.17, 15) is 18.1 Å². The fourth-order valence-electron chi connectivity index (χ4n) is 3.72. The lowest BCUT2D eigenvalue weighted by Gasteiger charge is -2.22. The number of sulfone groups is 1. The highest BCUT2D eigenvalue weighted by Gasteiger charge is 2.28. The second-order valence-electron chi connectivity index (χ2n) is 7.43. The number of anilines is 2. The summed E-state index contributed by atoms with van der Waals surface area (Å²) in [6, 6.07) is 14.3. The number of benzene rings is 2. The number of nitrogens with one attached hydrogen (secondary N) is 1. The number of halogens is 1. The Hall–Kier alpha value is -4.10. The molecule has 166 valence electrons. The lowest BCUT2D eigenvalue weighted by Crippen LogP contribution is -2.16. The molecule has 4 aromatic rings. The van der Waals surface area contributed by atoms with Gasteiger partial charge in [0.05, 0.1) is 27.5 Å². The zero-order chi connectivity index (χ0) is 23.8. The van der Waals surface area contributed by atoms with E-state index in [1.54, 1.807) is 43.3 Å². The molecule has 0 unspecified atom stereocenters. The molecule has 2 heterocycles. The smallest absolute Gasteiger partial charge is 0.176 e. The van der Waals surface area contributed by atoms with Gasteiger partial charge in [0, 0.05) is 11.8 Å². The highest BCUT2D eigenvalue weighted by atomic mass is 32.2. The molecule has 0 aliphatic carbocycles. The van der Waals surface area contributed by atoms with Gasteiger partial charge in [-0.3, -0.25) is 0 Å². The number of nitrogen functional groups attached to an aromatic ring is 1. The van der Waals surface area contributed by atoms with Crippen molar-refractivity contribution >= 4 is 32.4 Å². The molecule has 0 bridgehead atoms. The summed E-state index contributed by atoms with van der Waals surface area (Å²) in [4.78, 5) is 12.4. The van der Waals surface area contributed by atoms with Crippen LogP contribution in [0.3, 0.4) is 0 Å². The van der Waals surface area contributed by atoms with Crippen molar-refractivity contribution in [3.8, 4) is 17.2 Å². The molecule has 33 heavy (non-hydrogen) atoms. The van der Waals surface area contributed by atoms with Gasteiger partial charge in [-0.15, -0.1) is 0 Å². The summed E-state index contributed by atoms with van der Waals surface area (Å²) in [7, 11) is -3.88. The first-order valence-corrected chi connectivity index (χ1v) is 11.8. The van der Waals surface area contributed by atoms with E-state index >= 15 is 0 Å². The van der Waals surface area contributed by atoms with Crippen LogP contribution in [0.5, 0.6) is 0 Å². The number of nitrogens with zero attached hydrogens (tertiary/aromatic N) is 4. The minimum absolute atomic E-state index is 0.0100. The number of hydrogen-bond acceptors (Lipinski definition) is 8. The number of hydrogen-bond donors (Lipinski definition) is 2. The molecule has 0 radical (unpaired) electrons. The van der Waals surface area contributed by atoms with E-state index in [1.165, 1.54) is 18.5 Å². The predicted molar refractivity (Wildman–Crippen MR) is 123 cm³/mol. The van der Waals surface area contributed by atoms with Crippen molar-refractivity contribution in [2.45, 2.75) is 17.9 Å². The Labute approximate surface area is 189 Å². The molecule has 2 aromatic heterocycles. The molecule has 0 aliphatic heterocycles. The number of fused-ring (bicyclic) bond motifs is 1. The van der Waals surface area contributed by atoms with Crippen LogP contribution in [0.2, 0.25) is 0 Å². The maximum atomic E-state index is 14.9. The quantitative estimate of drug-likeness (QED) is 0.456. The minimum atomic E-state index is -3.88. The maximum absolute atomic E-state index is 14.9. The third kappa shape index (κ3) is 4.06. The van der Waals surface area contributed by atoms with Gasteiger partial charge in [0.1, 0.15) is 35.4 Å². The average molecular weight is 463 g/mol. The zero-order valence-corrected chi connectivity index (χ0v) is 18.6. The largest absolute Gasteiger partial charge is 0.382 e. The SMILES string of the molecule is C[C@@H](Nc1ncnc(N)c1C#N)c1nc2cccc(F)c2c(S(C)(=O)=O)c1-c1ccccc1. The Kier molecular flexibility index (Phi) is 5.66. The van der Waals surface area contributed by atoms with E-state index < -0.39 is 21.7 Å². The maximum Gasteiger partial charge on any atom is 0.176 e. The summed E-state index contributed by atoms with van der Waals surface area (Å²) < 4.78 is 40.9. The Balaban J connectivity index is 2.05. The summed E-state index contributed by atoms with van der Waals surface area (Å²) in [6.45, 7) is 1.74. The molecule has 1 atom stereocenters. The molecule has 0 saturated carbocycles. The molecule has 10 heteroatoms. The van der Waals surface area contributed by atoms with Crippen LogP contribution in [0, 0.1) is 17.1 Å². The van der Waals surface area contributed by atoms with Crippen molar-refractivity contribution in [1.29, 1.82) is 5.26 Å². The lowest BCUT2D eigenvalue weighted by atomic mass is 9.97. The highest BCUT2D eigenvalue weighted by Crippen LogP contribution is 2.39. The molecule has 0 aliphatic rings. The van der Waals surface area contributed by atoms with Gasteiger partial charge >= 0.3 is 0 Å². The summed E-state index contributed by atoms with van der Waals surface area (Å²) in [6.07, 6.45) is 2.26. The third-order valence-electron chi connectivity index (χ3n) is 5.13. The van der Waals surface area contributed by atoms with Crippen molar-refractivity contribution in [1.82, 2.24) is 15.0 Å². The molecule has 0 fully saturated rings. The Morgan fingerprint density at radius 3 is 2.52 bits per heavy atom. The van der Waals surface area contributed by atoms with Crippen LogP contribution in [0.1, 0.15) is 24.2 Å².